The average molecular weight is 182 g/mol. The van der Waals surface area contributed by atoms with Gasteiger partial charge in [-0.1, -0.05) is 0 Å². The smallest absolute Gasteiger partial charge is 0.337 e. The van der Waals surface area contributed by atoms with Crippen LogP contribution >= 0.6 is 0 Å². The Morgan fingerprint density at radius 2 is 2.31 bits per heavy atom. The first-order valence-electron chi connectivity index (χ1n) is 3.57. The lowest BCUT2D eigenvalue weighted by Gasteiger charge is -2.05. The Balaban J connectivity index is 3.04. The van der Waals surface area contributed by atoms with Crippen molar-refractivity contribution >= 4 is 17.3 Å². The first-order valence-corrected chi connectivity index (χ1v) is 3.57. The molecule has 5 heteroatoms. The number of carboxylic acid groups (broad SMARTS) is 1. The van der Waals surface area contributed by atoms with Crippen LogP contribution in [0.1, 0.15) is 10.4 Å². The fourth-order valence-electron chi connectivity index (χ4n) is 0.923. The zero-order chi connectivity index (χ0) is 9.84. The van der Waals surface area contributed by atoms with Gasteiger partial charge in [0.15, 0.2) is 0 Å². The van der Waals surface area contributed by atoms with Crippen LogP contribution < -0.4 is 11.2 Å². The number of hydrogen-bond acceptors (Lipinski definition) is 4. The van der Waals surface area contributed by atoms with E-state index in [0.29, 0.717) is 5.69 Å². The van der Waals surface area contributed by atoms with Crippen molar-refractivity contribution in [3.63, 3.8) is 0 Å². The van der Waals surface area contributed by atoms with Gasteiger partial charge >= 0.3 is 5.97 Å². The van der Waals surface area contributed by atoms with Crippen molar-refractivity contribution in [2.24, 2.45) is 0 Å². The van der Waals surface area contributed by atoms with E-state index in [1.54, 1.807) is 6.07 Å². The fraction of sp³-hybridized carbons (Fsp3) is 0.125. The lowest BCUT2D eigenvalue weighted by atomic mass is 10.1. The number of hydrogen-bond donors (Lipinski definition) is 3. The summed E-state index contributed by atoms with van der Waals surface area (Å²) in [6, 6.07) is 4.54. The van der Waals surface area contributed by atoms with Gasteiger partial charge in [0.2, 0.25) is 0 Å². The molecular weight excluding hydrogens is 172 g/mol. The van der Waals surface area contributed by atoms with Gasteiger partial charge in [-0.05, 0) is 18.2 Å². The highest BCUT2D eigenvalue weighted by atomic mass is 16.6. The first kappa shape index (κ1) is 9.34. The van der Waals surface area contributed by atoms with E-state index >= 15 is 0 Å². The minimum atomic E-state index is -1.06. The summed E-state index contributed by atoms with van der Waals surface area (Å²) >= 11 is 0. The van der Waals surface area contributed by atoms with E-state index in [0.717, 1.165) is 0 Å². The van der Waals surface area contributed by atoms with Crippen molar-refractivity contribution < 1.29 is 14.7 Å². The summed E-state index contributed by atoms with van der Waals surface area (Å²) in [4.78, 5) is 15.2. The number of carboxylic acids is 1. The summed E-state index contributed by atoms with van der Waals surface area (Å²) in [6.45, 7) is 0. The zero-order valence-electron chi connectivity index (χ0n) is 7.07. The molecule has 0 amide bonds. The van der Waals surface area contributed by atoms with Crippen LogP contribution in [0, 0.1) is 0 Å². The Kier molecular flexibility index (Phi) is 2.71. The van der Waals surface area contributed by atoms with Crippen LogP contribution in [0.25, 0.3) is 0 Å². The average Bonchev–Trinajstić information content (AvgIpc) is 2.08. The van der Waals surface area contributed by atoms with E-state index in [4.69, 9.17) is 10.8 Å². The molecule has 70 valence electrons. The summed E-state index contributed by atoms with van der Waals surface area (Å²) in [5.74, 6) is -1.06. The highest BCUT2D eigenvalue weighted by Crippen LogP contribution is 2.17. The molecule has 0 heterocycles. The van der Waals surface area contributed by atoms with Crippen molar-refractivity contribution in [2.45, 2.75) is 0 Å². The van der Waals surface area contributed by atoms with E-state index in [2.05, 4.69) is 10.3 Å². The van der Waals surface area contributed by atoms with Gasteiger partial charge in [-0.3, -0.25) is 10.3 Å². The molecule has 13 heavy (non-hydrogen) atoms. The lowest BCUT2D eigenvalue weighted by Crippen LogP contribution is -2.04. The Morgan fingerprint density at radius 3 is 2.85 bits per heavy atom. The predicted molar refractivity (Wildman–Crippen MR) is 48.4 cm³/mol. The minimum Gasteiger partial charge on any atom is -0.478 e. The predicted octanol–water partition coefficient (Wildman–Crippen LogP) is 0.940. The maximum absolute atomic E-state index is 10.6. The molecule has 1 aromatic carbocycles. The molecule has 5 nitrogen and oxygen atoms in total. The molecular formula is C8H10N2O3. The molecule has 0 aliphatic heterocycles. The molecule has 1 aromatic rings. The van der Waals surface area contributed by atoms with Crippen molar-refractivity contribution in [2.75, 3.05) is 18.3 Å². The molecule has 1 rings (SSSR count). The second-order valence-electron chi connectivity index (χ2n) is 2.41. The Labute approximate surface area is 75.1 Å². The summed E-state index contributed by atoms with van der Waals surface area (Å²) in [5, 5.41) is 8.71. The molecule has 0 unspecified atom stereocenters. The largest absolute Gasteiger partial charge is 0.478 e. The number of anilines is 2. The number of rotatable bonds is 3. The third-order valence-corrected chi connectivity index (χ3v) is 1.50. The highest BCUT2D eigenvalue weighted by Gasteiger charge is 2.07. The second kappa shape index (κ2) is 3.77. The normalized spacial score (nSPS) is 9.62. The maximum atomic E-state index is 10.6. The molecule has 0 aliphatic rings. The fourth-order valence-corrected chi connectivity index (χ4v) is 0.923. The summed E-state index contributed by atoms with van der Waals surface area (Å²) < 4.78 is 0. The molecule has 0 atom stereocenters. The number of nitrogens with two attached hydrogens (primary N) is 1. The maximum Gasteiger partial charge on any atom is 0.337 e. The Morgan fingerprint density at radius 1 is 1.62 bits per heavy atom. The van der Waals surface area contributed by atoms with E-state index in [1.165, 1.54) is 19.2 Å². The van der Waals surface area contributed by atoms with Crippen molar-refractivity contribution in [3.05, 3.63) is 23.8 Å². The third-order valence-electron chi connectivity index (χ3n) is 1.50. The zero-order valence-corrected chi connectivity index (χ0v) is 7.07. The number of carbonyl (C=O) groups is 1. The summed E-state index contributed by atoms with van der Waals surface area (Å²) in [7, 11) is 1.44. The van der Waals surface area contributed by atoms with Crippen LogP contribution in [-0.2, 0) is 4.84 Å². The molecule has 0 bridgehead atoms. The topological polar surface area (TPSA) is 84.6 Å². The van der Waals surface area contributed by atoms with Gasteiger partial charge in [-0.15, -0.1) is 0 Å². The quantitative estimate of drug-likeness (QED) is 0.478. The monoisotopic (exact) mass is 182 g/mol. The van der Waals surface area contributed by atoms with Crippen LogP contribution in [0.4, 0.5) is 11.4 Å². The molecule has 0 aliphatic carbocycles. The van der Waals surface area contributed by atoms with Crippen molar-refractivity contribution in [3.8, 4) is 0 Å². The van der Waals surface area contributed by atoms with Crippen LogP contribution in [0.15, 0.2) is 18.2 Å². The molecule has 4 N–H and O–H groups in total. The molecule has 0 radical (unpaired) electrons. The van der Waals surface area contributed by atoms with Gasteiger partial charge in [0.1, 0.15) is 0 Å². The summed E-state index contributed by atoms with van der Waals surface area (Å²) in [6.07, 6.45) is 0. The van der Waals surface area contributed by atoms with Gasteiger partial charge in [0.25, 0.3) is 0 Å². The van der Waals surface area contributed by atoms with Gasteiger partial charge in [-0.2, -0.15) is 0 Å². The Hall–Kier alpha value is -1.75. The van der Waals surface area contributed by atoms with Crippen LogP contribution in [0.5, 0.6) is 0 Å². The van der Waals surface area contributed by atoms with Gasteiger partial charge in [-0.25, -0.2) is 4.79 Å². The second-order valence-corrected chi connectivity index (χ2v) is 2.41. The Bertz CT molecular complexity index is 325. The van der Waals surface area contributed by atoms with Crippen LogP contribution in [0.3, 0.4) is 0 Å². The van der Waals surface area contributed by atoms with Gasteiger partial charge < -0.3 is 10.8 Å². The van der Waals surface area contributed by atoms with Crippen molar-refractivity contribution in [1.82, 2.24) is 0 Å². The lowest BCUT2D eigenvalue weighted by molar-refractivity contribution is 0.0698. The number of benzene rings is 1. The molecule has 0 saturated carbocycles. The first-order chi connectivity index (χ1) is 6.15. The molecule has 0 fully saturated rings. The third kappa shape index (κ3) is 2.09. The van der Waals surface area contributed by atoms with Crippen molar-refractivity contribution in [1.29, 1.82) is 0 Å². The van der Waals surface area contributed by atoms with Gasteiger partial charge in [0, 0.05) is 5.69 Å². The minimum absolute atomic E-state index is 0.0575. The van der Waals surface area contributed by atoms with Crippen LogP contribution in [-0.4, -0.2) is 18.2 Å². The van der Waals surface area contributed by atoms with E-state index < -0.39 is 5.97 Å². The van der Waals surface area contributed by atoms with E-state index in [1.807, 2.05) is 0 Å². The van der Waals surface area contributed by atoms with E-state index in [-0.39, 0.29) is 11.3 Å². The summed E-state index contributed by atoms with van der Waals surface area (Å²) in [5.41, 5.74) is 8.79. The molecule has 0 aromatic heterocycles. The number of nitrogen functional groups attached to an aromatic ring is 1. The molecule has 0 saturated heterocycles. The molecule has 0 spiro atoms. The highest BCUT2D eigenvalue weighted by molar-refractivity contribution is 5.94. The van der Waals surface area contributed by atoms with Gasteiger partial charge in [0.05, 0.1) is 18.4 Å². The number of nitrogens with one attached hydrogen (secondary N) is 1. The number of aromatic carboxylic acids is 1. The standard InChI is InChI=1S/C8H10N2O3/c1-13-10-5-2-3-7(9)6(4-5)8(11)12/h2-4,10H,9H2,1H3,(H,11,12). The van der Waals surface area contributed by atoms with Crippen LogP contribution in [0.2, 0.25) is 0 Å². The SMILES string of the molecule is CONc1ccc(N)c(C(=O)O)c1. The van der Waals surface area contributed by atoms with E-state index in [9.17, 15) is 4.79 Å².